The van der Waals surface area contributed by atoms with Crippen molar-refractivity contribution in [2.45, 2.75) is 0 Å². The molecule has 0 saturated heterocycles. The number of aromatic amines is 1. The van der Waals surface area contributed by atoms with E-state index in [0.29, 0.717) is 22.8 Å². The van der Waals surface area contributed by atoms with Crippen LogP contribution in [0.3, 0.4) is 0 Å². The molecule has 0 aliphatic carbocycles. The van der Waals surface area contributed by atoms with Gasteiger partial charge in [0.15, 0.2) is 11.5 Å². The van der Waals surface area contributed by atoms with Crippen LogP contribution >= 0.6 is 0 Å². The monoisotopic (exact) mass is 258 g/mol. The van der Waals surface area contributed by atoms with Gasteiger partial charge in [0.05, 0.1) is 7.11 Å². The predicted molar refractivity (Wildman–Crippen MR) is 67.3 cm³/mol. The highest BCUT2D eigenvalue weighted by atomic mass is 16.5. The van der Waals surface area contributed by atoms with E-state index in [1.165, 1.54) is 6.07 Å². The predicted octanol–water partition coefficient (Wildman–Crippen LogP) is 2.53. The van der Waals surface area contributed by atoms with Crippen molar-refractivity contribution in [2.24, 2.45) is 0 Å². The van der Waals surface area contributed by atoms with Crippen LogP contribution in [0.25, 0.3) is 22.4 Å². The lowest BCUT2D eigenvalue weighted by atomic mass is 10.2. The van der Waals surface area contributed by atoms with E-state index in [9.17, 15) is 4.79 Å². The molecule has 0 fully saturated rings. The van der Waals surface area contributed by atoms with Crippen LogP contribution in [-0.2, 0) is 0 Å². The summed E-state index contributed by atoms with van der Waals surface area (Å²) < 4.78 is 10.8. The number of nitrogens with one attached hydrogen (secondary N) is 1. The van der Waals surface area contributed by atoms with Gasteiger partial charge in [0.25, 0.3) is 0 Å². The minimum atomic E-state index is -1.08. The molecule has 0 saturated carbocycles. The molecule has 6 nitrogen and oxygen atoms in total. The molecule has 2 N–H and O–H groups in total. The van der Waals surface area contributed by atoms with E-state index in [4.69, 9.17) is 14.3 Å². The number of carboxylic acid groups (broad SMARTS) is 1. The lowest BCUT2D eigenvalue weighted by molar-refractivity contribution is 0.0690. The summed E-state index contributed by atoms with van der Waals surface area (Å²) in [5.74, 6) is 0.146. The lowest BCUT2D eigenvalue weighted by Crippen LogP contribution is -1.95. The molecule has 1 aromatic carbocycles. The zero-order valence-corrected chi connectivity index (χ0v) is 10.0. The minimum absolute atomic E-state index is 0.0481. The molecule has 0 amide bonds. The summed E-state index contributed by atoms with van der Waals surface area (Å²) in [6, 6.07) is 8.71. The Morgan fingerprint density at radius 1 is 1.37 bits per heavy atom. The quantitative estimate of drug-likeness (QED) is 0.753. The van der Waals surface area contributed by atoms with Crippen LogP contribution < -0.4 is 4.74 Å². The average molecular weight is 258 g/mol. The fourth-order valence-corrected chi connectivity index (χ4v) is 1.83. The van der Waals surface area contributed by atoms with Crippen molar-refractivity contribution in [3.05, 3.63) is 36.0 Å². The molecule has 2 heterocycles. The van der Waals surface area contributed by atoms with Gasteiger partial charge >= 0.3 is 5.97 Å². The van der Waals surface area contributed by atoms with Gasteiger partial charge in [-0.2, -0.15) is 5.10 Å². The lowest BCUT2D eigenvalue weighted by Gasteiger charge is -1.96. The number of methoxy groups -OCH3 is 1. The molecule has 2 aromatic heterocycles. The van der Waals surface area contributed by atoms with Crippen LogP contribution in [-0.4, -0.2) is 28.4 Å². The number of H-pyrrole nitrogens is 1. The molecule has 3 aromatic rings. The van der Waals surface area contributed by atoms with Crippen molar-refractivity contribution in [3.63, 3.8) is 0 Å². The van der Waals surface area contributed by atoms with Crippen molar-refractivity contribution < 1.29 is 19.1 Å². The Bertz CT molecular complexity index is 757. The van der Waals surface area contributed by atoms with Gasteiger partial charge in [0.2, 0.25) is 0 Å². The van der Waals surface area contributed by atoms with Crippen LogP contribution in [0.2, 0.25) is 0 Å². The van der Waals surface area contributed by atoms with Crippen molar-refractivity contribution >= 4 is 16.9 Å². The highest BCUT2D eigenvalue weighted by molar-refractivity contribution is 5.88. The molecule has 0 aliphatic heterocycles. The minimum Gasteiger partial charge on any atom is -0.497 e. The summed E-state index contributed by atoms with van der Waals surface area (Å²) in [6.07, 6.45) is 0. The number of fused-ring (bicyclic) bond motifs is 1. The zero-order chi connectivity index (χ0) is 13.4. The normalized spacial score (nSPS) is 10.8. The molecule has 19 heavy (non-hydrogen) atoms. The first-order valence-corrected chi connectivity index (χ1v) is 5.54. The summed E-state index contributed by atoms with van der Waals surface area (Å²) in [7, 11) is 1.58. The van der Waals surface area contributed by atoms with E-state index in [2.05, 4.69) is 10.2 Å². The van der Waals surface area contributed by atoms with E-state index >= 15 is 0 Å². The highest BCUT2D eigenvalue weighted by Gasteiger charge is 2.13. The van der Waals surface area contributed by atoms with Gasteiger partial charge in [-0.3, -0.25) is 5.10 Å². The second kappa shape index (κ2) is 4.16. The Morgan fingerprint density at radius 2 is 2.21 bits per heavy atom. The van der Waals surface area contributed by atoms with Crippen LogP contribution in [0.1, 0.15) is 10.5 Å². The number of hydrogen-bond donors (Lipinski definition) is 2. The Labute approximate surface area is 107 Å². The first-order chi connectivity index (χ1) is 9.17. The van der Waals surface area contributed by atoms with Gasteiger partial charge < -0.3 is 14.3 Å². The number of aromatic carboxylic acids is 1. The first kappa shape index (κ1) is 11.3. The largest absolute Gasteiger partial charge is 0.497 e. The Morgan fingerprint density at radius 3 is 2.89 bits per heavy atom. The Kier molecular flexibility index (Phi) is 2.49. The maximum atomic E-state index is 10.8. The highest BCUT2D eigenvalue weighted by Crippen LogP contribution is 2.29. The molecule has 96 valence electrons. The molecular weight excluding hydrogens is 248 g/mol. The van der Waals surface area contributed by atoms with Gasteiger partial charge in [-0.15, -0.1) is 0 Å². The van der Waals surface area contributed by atoms with Crippen LogP contribution in [0, 0.1) is 0 Å². The van der Waals surface area contributed by atoms with E-state index in [-0.39, 0.29) is 5.69 Å². The van der Waals surface area contributed by atoms with Gasteiger partial charge in [-0.25, -0.2) is 4.79 Å². The number of nitrogens with zero attached hydrogens (tertiary/aromatic N) is 1. The maximum Gasteiger partial charge on any atom is 0.356 e. The molecule has 0 radical (unpaired) electrons. The SMILES string of the molecule is COc1ccc2cc(-c3cc(C(=O)O)n[nH]3)oc2c1. The summed E-state index contributed by atoms with van der Waals surface area (Å²) in [4.78, 5) is 10.8. The van der Waals surface area contributed by atoms with Crippen molar-refractivity contribution in [2.75, 3.05) is 7.11 Å². The van der Waals surface area contributed by atoms with Gasteiger partial charge in [-0.05, 0) is 18.2 Å². The fraction of sp³-hybridized carbons (Fsp3) is 0.0769. The van der Waals surface area contributed by atoms with Crippen LogP contribution in [0.15, 0.2) is 34.7 Å². The van der Waals surface area contributed by atoms with Gasteiger partial charge in [-0.1, -0.05) is 0 Å². The van der Waals surface area contributed by atoms with E-state index in [1.807, 2.05) is 18.2 Å². The maximum absolute atomic E-state index is 10.8. The second-order valence-electron chi connectivity index (χ2n) is 3.99. The number of furan rings is 1. The Balaban J connectivity index is 2.06. The van der Waals surface area contributed by atoms with Gasteiger partial charge in [0.1, 0.15) is 17.0 Å². The molecular formula is C13H10N2O4. The molecule has 0 spiro atoms. The topological polar surface area (TPSA) is 88.4 Å². The number of ether oxygens (including phenoxy) is 1. The molecule has 0 bridgehead atoms. The summed E-state index contributed by atoms with van der Waals surface area (Å²) in [6.45, 7) is 0. The Hall–Kier alpha value is -2.76. The average Bonchev–Trinajstić information content (AvgIpc) is 3.04. The summed E-state index contributed by atoms with van der Waals surface area (Å²) >= 11 is 0. The molecule has 0 aliphatic rings. The summed E-state index contributed by atoms with van der Waals surface area (Å²) in [5, 5.41) is 16.1. The third kappa shape index (κ3) is 1.93. The fourth-order valence-electron chi connectivity index (χ4n) is 1.83. The first-order valence-electron chi connectivity index (χ1n) is 5.54. The second-order valence-corrected chi connectivity index (χ2v) is 3.99. The zero-order valence-electron chi connectivity index (χ0n) is 10.0. The third-order valence-corrected chi connectivity index (χ3v) is 2.79. The van der Waals surface area contributed by atoms with Crippen LogP contribution in [0.4, 0.5) is 0 Å². The van der Waals surface area contributed by atoms with E-state index < -0.39 is 5.97 Å². The molecule has 6 heteroatoms. The van der Waals surface area contributed by atoms with Crippen molar-refractivity contribution in [3.8, 4) is 17.2 Å². The molecule has 0 atom stereocenters. The number of carbonyl (C=O) groups is 1. The standard InChI is InChI=1S/C13H10N2O4/c1-18-8-3-2-7-4-12(19-11(7)5-8)9-6-10(13(16)17)15-14-9/h2-6H,1H3,(H,14,15)(H,16,17). The number of rotatable bonds is 3. The number of benzene rings is 1. The number of aromatic nitrogens is 2. The van der Waals surface area contributed by atoms with Crippen molar-refractivity contribution in [1.29, 1.82) is 0 Å². The van der Waals surface area contributed by atoms with E-state index in [1.54, 1.807) is 13.2 Å². The number of carboxylic acids is 1. The van der Waals surface area contributed by atoms with Gasteiger partial charge in [0, 0.05) is 17.5 Å². The molecule has 3 rings (SSSR count). The molecule has 0 unspecified atom stereocenters. The smallest absolute Gasteiger partial charge is 0.356 e. The summed E-state index contributed by atoms with van der Waals surface area (Å²) in [5.41, 5.74) is 1.14. The van der Waals surface area contributed by atoms with E-state index in [0.717, 1.165) is 5.39 Å². The van der Waals surface area contributed by atoms with Crippen molar-refractivity contribution in [1.82, 2.24) is 10.2 Å². The van der Waals surface area contributed by atoms with Crippen LogP contribution in [0.5, 0.6) is 5.75 Å². The number of hydrogen-bond acceptors (Lipinski definition) is 4. The third-order valence-electron chi connectivity index (χ3n) is 2.79.